The molecule has 1 aliphatic heterocycles. The Balaban J connectivity index is 2.26. The molecule has 0 amide bonds. The standard InChI is InChI=1S/C12H23N/c1-11(2)7-6-10-13-9-5-4-8-12(13)3/h6-7,11-12H,4-5,8-10H2,1-3H3/b7-6+. The van der Waals surface area contributed by atoms with E-state index in [1.807, 2.05) is 0 Å². The quantitative estimate of drug-likeness (QED) is 0.605. The molecule has 1 rings (SSSR count). The maximum absolute atomic E-state index is 2.59. The number of allylic oxidation sites excluding steroid dienone is 1. The molecule has 1 heteroatoms. The second-order valence-electron chi connectivity index (χ2n) is 4.51. The van der Waals surface area contributed by atoms with Crippen molar-refractivity contribution in [2.24, 2.45) is 5.92 Å². The van der Waals surface area contributed by atoms with Gasteiger partial charge in [-0.15, -0.1) is 0 Å². The van der Waals surface area contributed by atoms with Crippen LogP contribution in [0.5, 0.6) is 0 Å². The smallest absolute Gasteiger partial charge is 0.0166 e. The lowest BCUT2D eigenvalue weighted by Gasteiger charge is -2.32. The fourth-order valence-corrected chi connectivity index (χ4v) is 1.90. The minimum absolute atomic E-state index is 0.695. The topological polar surface area (TPSA) is 3.24 Å². The molecule has 1 fully saturated rings. The minimum atomic E-state index is 0.695. The molecule has 1 nitrogen and oxygen atoms in total. The summed E-state index contributed by atoms with van der Waals surface area (Å²) in [6, 6.07) is 0.797. The number of nitrogens with zero attached hydrogens (tertiary/aromatic N) is 1. The molecular formula is C12H23N. The second-order valence-corrected chi connectivity index (χ2v) is 4.51. The van der Waals surface area contributed by atoms with Gasteiger partial charge in [0, 0.05) is 12.6 Å². The van der Waals surface area contributed by atoms with Gasteiger partial charge in [0.25, 0.3) is 0 Å². The van der Waals surface area contributed by atoms with E-state index in [-0.39, 0.29) is 0 Å². The number of hydrogen-bond acceptors (Lipinski definition) is 1. The first-order valence-electron chi connectivity index (χ1n) is 5.61. The fraction of sp³-hybridized carbons (Fsp3) is 0.833. The van der Waals surface area contributed by atoms with E-state index in [4.69, 9.17) is 0 Å². The Morgan fingerprint density at radius 3 is 2.77 bits per heavy atom. The summed E-state index contributed by atoms with van der Waals surface area (Å²) in [7, 11) is 0. The van der Waals surface area contributed by atoms with Crippen LogP contribution in [0.2, 0.25) is 0 Å². The van der Waals surface area contributed by atoms with Gasteiger partial charge in [-0.2, -0.15) is 0 Å². The van der Waals surface area contributed by atoms with Gasteiger partial charge in [-0.05, 0) is 32.2 Å². The summed E-state index contributed by atoms with van der Waals surface area (Å²) in [5, 5.41) is 0. The Kier molecular flexibility index (Phi) is 4.51. The molecule has 1 unspecified atom stereocenters. The predicted octanol–water partition coefficient (Wildman–Crippen LogP) is 3.07. The summed E-state index contributed by atoms with van der Waals surface area (Å²) in [6.07, 6.45) is 8.83. The van der Waals surface area contributed by atoms with E-state index in [9.17, 15) is 0 Å². The molecule has 0 saturated carbocycles. The lowest BCUT2D eigenvalue weighted by atomic mass is 10.0. The van der Waals surface area contributed by atoms with E-state index in [2.05, 4.69) is 37.8 Å². The third-order valence-electron chi connectivity index (χ3n) is 2.80. The van der Waals surface area contributed by atoms with E-state index >= 15 is 0 Å². The molecule has 0 bridgehead atoms. The zero-order valence-corrected chi connectivity index (χ0v) is 9.29. The van der Waals surface area contributed by atoms with E-state index in [1.54, 1.807) is 0 Å². The van der Waals surface area contributed by atoms with Crippen molar-refractivity contribution in [1.82, 2.24) is 4.90 Å². The van der Waals surface area contributed by atoms with E-state index < -0.39 is 0 Å². The monoisotopic (exact) mass is 181 g/mol. The normalized spacial score (nSPS) is 26.0. The second kappa shape index (κ2) is 5.43. The van der Waals surface area contributed by atoms with Gasteiger partial charge in [-0.1, -0.05) is 32.4 Å². The molecule has 1 saturated heterocycles. The summed E-state index contributed by atoms with van der Waals surface area (Å²) in [4.78, 5) is 2.59. The Bertz CT molecular complexity index is 161. The maximum atomic E-state index is 2.59. The van der Waals surface area contributed by atoms with Crippen molar-refractivity contribution in [2.45, 2.75) is 46.1 Å². The summed E-state index contributed by atoms with van der Waals surface area (Å²) >= 11 is 0. The average Bonchev–Trinajstić information content (AvgIpc) is 2.08. The number of piperidine rings is 1. The van der Waals surface area contributed by atoms with Gasteiger partial charge in [0.15, 0.2) is 0 Å². The first kappa shape index (κ1) is 10.8. The van der Waals surface area contributed by atoms with Crippen LogP contribution < -0.4 is 0 Å². The van der Waals surface area contributed by atoms with Gasteiger partial charge in [0.05, 0.1) is 0 Å². The summed E-state index contributed by atoms with van der Waals surface area (Å²) in [5.74, 6) is 0.695. The Labute approximate surface area is 82.8 Å². The van der Waals surface area contributed by atoms with Crippen molar-refractivity contribution in [3.8, 4) is 0 Å². The zero-order chi connectivity index (χ0) is 9.68. The Hall–Kier alpha value is -0.300. The van der Waals surface area contributed by atoms with Gasteiger partial charge >= 0.3 is 0 Å². The Morgan fingerprint density at radius 1 is 1.38 bits per heavy atom. The van der Waals surface area contributed by atoms with Crippen molar-refractivity contribution in [3.05, 3.63) is 12.2 Å². The number of rotatable bonds is 3. The summed E-state index contributed by atoms with van der Waals surface area (Å²) in [6.45, 7) is 9.26. The molecule has 0 N–H and O–H groups in total. The Morgan fingerprint density at radius 2 is 2.15 bits per heavy atom. The van der Waals surface area contributed by atoms with Crippen LogP contribution in [0.25, 0.3) is 0 Å². The molecule has 0 aromatic rings. The van der Waals surface area contributed by atoms with Crippen LogP contribution in [0, 0.1) is 5.92 Å². The van der Waals surface area contributed by atoms with Crippen LogP contribution in [-0.4, -0.2) is 24.0 Å². The van der Waals surface area contributed by atoms with Gasteiger partial charge in [0.1, 0.15) is 0 Å². The first-order chi connectivity index (χ1) is 6.20. The van der Waals surface area contributed by atoms with Gasteiger partial charge in [-0.3, -0.25) is 4.90 Å². The molecule has 13 heavy (non-hydrogen) atoms. The lowest BCUT2D eigenvalue weighted by molar-refractivity contribution is 0.178. The highest BCUT2D eigenvalue weighted by molar-refractivity contribution is 4.89. The van der Waals surface area contributed by atoms with Crippen molar-refractivity contribution in [3.63, 3.8) is 0 Å². The van der Waals surface area contributed by atoms with Crippen LogP contribution in [0.15, 0.2) is 12.2 Å². The van der Waals surface area contributed by atoms with Crippen LogP contribution >= 0.6 is 0 Å². The van der Waals surface area contributed by atoms with Crippen LogP contribution in [-0.2, 0) is 0 Å². The molecule has 0 spiro atoms. The van der Waals surface area contributed by atoms with Crippen LogP contribution in [0.4, 0.5) is 0 Å². The molecule has 0 radical (unpaired) electrons. The number of hydrogen-bond donors (Lipinski definition) is 0. The predicted molar refractivity (Wildman–Crippen MR) is 58.9 cm³/mol. The highest BCUT2D eigenvalue weighted by atomic mass is 15.1. The molecule has 0 aromatic heterocycles. The van der Waals surface area contributed by atoms with Crippen molar-refractivity contribution >= 4 is 0 Å². The van der Waals surface area contributed by atoms with Gasteiger partial charge < -0.3 is 0 Å². The molecule has 1 atom stereocenters. The van der Waals surface area contributed by atoms with Crippen LogP contribution in [0.1, 0.15) is 40.0 Å². The highest BCUT2D eigenvalue weighted by Crippen LogP contribution is 2.15. The number of likely N-dealkylation sites (tertiary alicyclic amines) is 1. The molecule has 1 aliphatic rings. The SMILES string of the molecule is CC(C)/C=C/CN1CCCCC1C. The largest absolute Gasteiger partial charge is 0.297 e. The van der Waals surface area contributed by atoms with Gasteiger partial charge in [0.2, 0.25) is 0 Å². The molecule has 0 aliphatic carbocycles. The average molecular weight is 181 g/mol. The van der Waals surface area contributed by atoms with Gasteiger partial charge in [-0.25, -0.2) is 0 Å². The zero-order valence-electron chi connectivity index (χ0n) is 9.29. The lowest BCUT2D eigenvalue weighted by Crippen LogP contribution is -2.37. The molecular weight excluding hydrogens is 158 g/mol. The van der Waals surface area contributed by atoms with E-state index in [0.29, 0.717) is 5.92 Å². The summed E-state index contributed by atoms with van der Waals surface area (Å²) < 4.78 is 0. The molecule has 0 aromatic carbocycles. The van der Waals surface area contributed by atoms with Crippen molar-refractivity contribution < 1.29 is 0 Å². The summed E-state index contributed by atoms with van der Waals surface area (Å²) in [5.41, 5.74) is 0. The highest BCUT2D eigenvalue weighted by Gasteiger charge is 2.15. The molecule has 76 valence electrons. The van der Waals surface area contributed by atoms with E-state index in [1.165, 1.54) is 25.8 Å². The third kappa shape index (κ3) is 3.95. The fourth-order valence-electron chi connectivity index (χ4n) is 1.90. The molecule has 1 heterocycles. The minimum Gasteiger partial charge on any atom is -0.297 e. The van der Waals surface area contributed by atoms with Crippen LogP contribution in [0.3, 0.4) is 0 Å². The maximum Gasteiger partial charge on any atom is 0.0166 e. The van der Waals surface area contributed by atoms with E-state index in [0.717, 1.165) is 12.6 Å². The first-order valence-corrected chi connectivity index (χ1v) is 5.61. The van der Waals surface area contributed by atoms with Crippen molar-refractivity contribution in [1.29, 1.82) is 0 Å². The van der Waals surface area contributed by atoms with Crippen molar-refractivity contribution in [2.75, 3.05) is 13.1 Å². The third-order valence-corrected chi connectivity index (χ3v) is 2.80.